The van der Waals surface area contributed by atoms with Gasteiger partial charge in [0.25, 0.3) is 0 Å². The Morgan fingerprint density at radius 1 is 1.40 bits per heavy atom. The van der Waals surface area contributed by atoms with Crippen LogP contribution in [0.15, 0.2) is 6.07 Å². The van der Waals surface area contributed by atoms with E-state index in [1.165, 1.54) is 0 Å². The van der Waals surface area contributed by atoms with Crippen LogP contribution < -0.4 is 9.47 Å². The molecular formula is C15H19ClO4. The lowest BCUT2D eigenvalue weighted by Crippen LogP contribution is -2.24. The highest BCUT2D eigenvalue weighted by Gasteiger charge is 2.33. The third kappa shape index (κ3) is 2.57. The topological polar surface area (TPSA) is 55.8 Å². The lowest BCUT2D eigenvalue weighted by Gasteiger charge is -2.28. The summed E-state index contributed by atoms with van der Waals surface area (Å²) in [6.45, 7) is 8.05. The van der Waals surface area contributed by atoms with Crippen molar-refractivity contribution in [3.8, 4) is 11.5 Å². The molecule has 1 aliphatic heterocycles. The molecule has 20 heavy (non-hydrogen) atoms. The van der Waals surface area contributed by atoms with Gasteiger partial charge in [0.1, 0.15) is 0 Å². The molecule has 2 rings (SSSR count). The molecule has 1 N–H and O–H groups in total. The number of fused-ring (bicyclic) bond motifs is 1. The number of aliphatic carboxylic acids is 1. The lowest BCUT2D eigenvalue weighted by molar-refractivity contribution is -0.138. The highest BCUT2D eigenvalue weighted by atomic mass is 35.5. The third-order valence-electron chi connectivity index (χ3n) is 3.54. The van der Waals surface area contributed by atoms with Crippen molar-refractivity contribution in [2.45, 2.75) is 45.4 Å². The van der Waals surface area contributed by atoms with Gasteiger partial charge in [-0.05, 0) is 17.5 Å². The van der Waals surface area contributed by atoms with E-state index >= 15 is 0 Å². The molecule has 0 unspecified atom stereocenters. The number of carbonyl (C=O) groups is 1. The number of carboxylic acids is 1. The van der Waals surface area contributed by atoms with E-state index in [0.717, 1.165) is 11.1 Å². The predicted molar refractivity (Wildman–Crippen MR) is 76.9 cm³/mol. The Labute approximate surface area is 123 Å². The summed E-state index contributed by atoms with van der Waals surface area (Å²) in [6.07, 6.45) is 0.0304. The maximum atomic E-state index is 11.1. The van der Waals surface area contributed by atoms with Gasteiger partial charge in [0.15, 0.2) is 11.5 Å². The number of halogens is 1. The number of hydrogen-bond acceptors (Lipinski definition) is 3. The minimum Gasteiger partial charge on any atom is -0.481 e. The second-order valence-corrected chi connectivity index (χ2v) is 6.40. The quantitative estimate of drug-likeness (QED) is 0.914. The van der Waals surface area contributed by atoms with Gasteiger partial charge in [-0.15, -0.1) is 0 Å². The van der Waals surface area contributed by atoms with Gasteiger partial charge in [0, 0.05) is 11.0 Å². The van der Waals surface area contributed by atoms with Crippen molar-refractivity contribution in [1.82, 2.24) is 0 Å². The van der Waals surface area contributed by atoms with Crippen molar-refractivity contribution >= 4 is 17.6 Å². The minimum atomic E-state index is -0.835. The Hall–Kier alpha value is -1.42. The van der Waals surface area contributed by atoms with E-state index < -0.39 is 11.4 Å². The average molecular weight is 299 g/mol. The molecule has 0 saturated carbocycles. The fraction of sp³-hybridized carbons (Fsp3) is 0.533. The number of hydrogen-bond donors (Lipinski definition) is 1. The normalized spacial score (nSPS) is 13.9. The minimum absolute atomic E-state index is 0.0304. The number of ether oxygens (including phenoxy) is 2. The van der Waals surface area contributed by atoms with Crippen LogP contribution in [0.5, 0.6) is 11.5 Å². The van der Waals surface area contributed by atoms with E-state index in [1.807, 2.05) is 33.8 Å². The van der Waals surface area contributed by atoms with Crippen molar-refractivity contribution in [3.63, 3.8) is 0 Å². The fourth-order valence-corrected chi connectivity index (χ4v) is 2.90. The maximum Gasteiger partial charge on any atom is 0.304 e. The van der Waals surface area contributed by atoms with E-state index in [0.29, 0.717) is 16.5 Å². The average Bonchev–Trinajstić information content (AvgIpc) is 2.75. The zero-order valence-electron chi connectivity index (χ0n) is 12.1. The van der Waals surface area contributed by atoms with Crippen molar-refractivity contribution in [1.29, 1.82) is 0 Å². The van der Waals surface area contributed by atoms with Gasteiger partial charge in [-0.2, -0.15) is 0 Å². The zero-order valence-corrected chi connectivity index (χ0v) is 12.9. The van der Waals surface area contributed by atoms with Crippen molar-refractivity contribution in [3.05, 3.63) is 22.2 Å². The maximum absolute atomic E-state index is 11.1. The second-order valence-electron chi connectivity index (χ2n) is 5.99. The molecular weight excluding hydrogens is 280 g/mol. The molecule has 0 fully saturated rings. The van der Waals surface area contributed by atoms with E-state index in [9.17, 15) is 4.79 Å². The van der Waals surface area contributed by atoms with Crippen LogP contribution in [-0.4, -0.2) is 17.9 Å². The smallest absolute Gasteiger partial charge is 0.304 e. The number of rotatable bonds is 4. The van der Waals surface area contributed by atoms with Gasteiger partial charge in [-0.3, -0.25) is 4.79 Å². The molecule has 5 heteroatoms. The molecule has 4 nitrogen and oxygen atoms in total. The first-order valence-electron chi connectivity index (χ1n) is 6.58. The molecule has 0 atom stereocenters. The van der Waals surface area contributed by atoms with Gasteiger partial charge in [0.2, 0.25) is 6.79 Å². The molecule has 0 amide bonds. The Morgan fingerprint density at radius 2 is 2.00 bits per heavy atom. The Morgan fingerprint density at radius 3 is 2.55 bits per heavy atom. The summed E-state index contributed by atoms with van der Waals surface area (Å²) in [4.78, 5) is 11.1. The predicted octanol–water partition coefficient (Wildman–Crippen LogP) is 3.94. The first kappa shape index (κ1) is 15.0. The third-order valence-corrected chi connectivity index (χ3v) is 3.82. The number of benzene rings is 1. The molecule has 1 aromatic rings. The van der Waals surface area contributed by atoms with E-state index in [-0.39, 0.29) is 19.1 Å². The number of carboxylic acid groups (broad SMARTS) is 1. The van der Waals surface area contributed by atoms with Crippen LogP contribution in [0, 0.1) is 0 Å². The zero-order chi connectivity index (χ0) is 15.1. The van der Waals surface area contributed by atoms with Crippen LogP contribution in [0.3, 0.4) is 0 Å². The highest BCUT2D eigenvalue weighted by Crippen LogP contribution is 2.49. The Kier molecular flexibility index (Phi) is 3.87. The fourth-order valence-electron chi connectivity index (χ4n) is 2.65. The van der Waals surface area contributed by atoms with Gasteiger partial charge in [-0.25, -0.2) is 0 Å². The Bertz CT molecular complexity index is 549. The van der Waals surface area contributed by atoms with E-state index in [1.54, 1.807) is 0 Å². The summed E-state index contributed by atoms with van der Waals surface area (Å²) in [7, 11) is 0. The van der Waals surface area contributed by atoms with Crippen molar-refractivity contribution < 1.29 is 19.4 Å². The van der Waals surface area contributed by atoms with Gasteiger partial charge in [0.05, 0.1) is 11.4 Å². The van der Waals surface area contributed by atoms with Crippen LogP contribution in [-0.2, 0) is 10.2 Å². The van der Waals surface area contributed by atoms with Crippen LogP contribution in [0.2, 0.25) is 5.02 Å². The van der Waals surface area contributed by atoms with Gasteiger partial charge >= 0.3 is 5.97 Å². The monoisotopic (exact) mass is 298 g/mol. The van der Waals surface area contributed by atoms with Crippen LogP contribution >= 0.6 is 11.6 Å². The summed E-state index contributed by atoms with van der Waals surface area (Å²) in [5, 5.41) is 9.58. The van der Waals surface area contributed by atoms with E-state index in [2.05, 4.69) is 0 Å². The summed E-state index contributed by atoms with van der Waals surface area (Å²) < 4.78 is 11.0. The van der Waals surface area contributed by atoms with Crippen LogP contribution in [0.1, 0.15) is 51.2 Å². The Balaban J connectivity index is 2.64. The highest BCUT2D eigenvalue weighted by molar-refractivity contribution is 6.32. The van der Waals surface area contributed by atoms with E-state index in [4.69, 9.17) is 26.2 Å². The molecule has 110 valence electrons. The molecule has 0 aliphatic carbocycles. The van der Waals surface area contributed by atoms with Crippen molar-refractivity contribution in [2.75, 3.05) is 6.79 Å². The second kappa shape index (κ2) is 5.17. The lowest BCUT2D eigenvalue weighted by atomic mass is 9.76. The molecule has 1 aromatic carbocycles. The summed E-state index contributed by atoms with van der Waals surface area (Å²) in [5.41, 5.74) is 1.35. The van der Waals surface area contributed by atoms with Crippen LogP contribution in [0.25, 0.3) is 0 Å². The SMILES string of the molecule is CC(C)c1c(C(C)(C)CC(=O)O)cc(Cl)c2c1OCO2. The van der Waals surface area contributed by atoms with Crippen molar-refractivity contribution in [2.24, 2.45) is 0 Å². The molecule has 1 heterocycles. The molecule has 0 bridgehead atoms. The standard InChI is InChI=1S/C15H19ClO4/c1-8(2)12-9(15(3,4)6-11(17)18)5-10(16)13-14(12)20-7-19-13/h5,8H,6-7H2,1-4H3,(H,17,18). The molecule has 0 spiro atoms. The largest absolute Gasteiger partial charge is 0.481 e. The molecule has 0 aromatic heterocycles. The summed E-state index contributed by atoms with van der Waals surface area (Å²) in [6, 6.07) is 1.81. The van der Waals surface area contributed by atoms with Gasteiger partial charge < -0.3 is 14.6 Å². The summed E-state index contributed by atoms with van der Waals surface area (Å²) >= 11 is 6.24. The van der Waals surface area contributed by atoms with Gasteiger partial charge in [-0.1, -0.05) is 39.3 Å². The van der Waals surface area contributed by atoms with Crippen LogP contribution in [0.4, 0.5) is 0 Å². The molecule has 1 aliphatic rings. The first-order valence-corrected chi connectivity index (χ1v) is 6.96. The molecule has 0 saturated heterocycles. The summed E-state index contributed by atoms with van der Waals surface area (Å²) in [5.74, 6) is 0.565. The first-order chi connectivity index (χ1) is 9.24. The molecule has 0 radical (unpaired) electrons.